The summed E-state index contributed by atoms with van der Waals surface area (Å²) in [5.74, 6) is 0.468. The Hall–Kier alpha value is -0.330. The second kappa shape index (κ2) is 7.96. The predicted molar refractivity (Wildman–Crippen MR) is 80.9 cm³/mol. The zero-order valence-electron chi connectivity index (χ0n) is 13.6. The van der Waals surface area contributed by atoms with E-state index in [1.807, 2.05) is 0 Å². The molecule has 0 aromatic carbocycles. The van der Waals surface area contributed by atoms with Crippen molar-refractivity contribution in [2.45, 2.75) is 92.9 Å². The molecule has 0 aliphatic heterocycles. The first-order chi connectivity index (χ1) is 8.10. The van der Waals surface area contributed by atoms with Crippen LogP contribution in [0.2, 0.25) is 0 Å². The topological polar surface area (TPSA) is 17.1 Å². The van der Waals surface area contributed by atoms with Crippen molar-refractivity contribution in [3.05, 3.63) is 0 Å². The molecule has 0 saturated carbocycles. The lowest BCUT2D eigenvalue weighted by Gasteiger charge is -2.17. The molecule has 0 rings (SSSR count). The first kappa shape index (κ1) is 17.7. The number of unbranched alkanes of at least 4 members (excludes halogenated alkanes) is 2. The van der Waals surface area contributed by atoms with Gasteiger partial charge in [0, 0.05) is 12.8 Å². The molecule has 108 valence electrons. The molecule has 1 nitrogen and oxygen atoms in total. The van der Waals surface area contributed by atoms with Gasteiger partial charge in [-0.2, -0.15) is 0 Å². The van der Waals surface area contributed by atoms with Gasteiger partial charge in [-0.15, -0.1) is 0 Å². The molecule has 0 unspecified atom stereocenters. The van der Waals surface area contributed by atoms with Gasteiger partial charge >= 0.3 is 0 Å². The van der Waals surface area contributed by atoms with Crippen molar-refractivity contribution < 1.29 is 4.79 Å². The monoisotopic (exact) mass is 254 g/mol. The van der Waals surface area contributed by atoms with Crippen molar-refractivity contribution in [2.75, 3.05) is 0 Å². The summed E-state index contributed by atoms with van der Waals surface area (Å²) in [5.41, 5.74) is 0.809. The Balaban J connectivity index is 3.44. The van der Waals surface area contributed by atoms with Crippen LogP contribution in [0, 0.1) is 10.8 Å². The number of carbonyl (C=O) groups excluding carboxylic acids is 1. The summed E-state index contributed by atoms with van der Waals surface area (Å²) in [6, 6.07) is 0. The van der Waals surface area contributed by atoms with Crippen molar-refractivity contribution in [3.63, 3.8) is 0 Å². The van der Waals surface area contributed by atoms with Crippen LogP contribution in [-0.4, -0.2) is 5.78 Å². The van der Waals surface area contributed by atoms with Gasteiger partial charge in [-0.05, 0) is 36.5 Å². The van der Waals surface area contributed by atoms with E-state index in [0.717, 1.165) is 32.1 Å². The van der Waals surface area contributed by atoms with E-state index in [-0.39, 0.29) is 0 Å². The van der Waals surface area contributed by atoms with E-state index in [1.165, 1.54) is 19.3 Å². The van der Waals surface area contributed by atoms with Gasteiger partial charge in [0.2, 0.25) is 0 Å². The second-order valence-electron chi connectivity index (χ2n) is 8.07. The fraction of sp³-hybridized carbons (Fsp3) is 0.941. The van der Waals surface area contributed by atoms with Crippen LogP contribution in [0.5, 0.6) is 0 Å². The molecule has 0 N–H and O–H groups in total. The third-order valence-electron chi connectivity index (χ3n) is 3.26. The molecule has 18 heavy (non-hydrogen) atoms. The van der Waals surface area contributed by atoms with E-state index in [0.29, 0.717) is 16.6 Å². The molecule has 1 heteroatoms. The number of ketones is 1. The maximum Gasteiger partial charge on any atom is 0.132 e. The third kappa shape index (κ3) is 13.7. The molecule has 0 spiro atoms. The molecule has 0 aromatic heterocycles. The fourth-order valence-corrected chi connectivity index (χ4v) is 2.10. The van der Waals surface area contributed by atoms with Gasteiger partial charge in [0.1, 0.15) is 5.78 Å². The fourth-order valence-electron chi connectivity index (χ4n) is 2.10. The highest BCUT2D eigenvalue weighted by Crippen LogP contribution is 2.23. The molecule has 0 saturated heterocycles. The molecule has 0 aromatic rings. The summed E-state index contributed by atoms with van der Waals surface area (Å²) in [7, 11) is 0. The Labute approximate surface area is 115 Å². The number of rotatable bonds is 8. The molecular weight excluding hydrogens is 220 g/mol. The summed E-state index contributed by atoms with van der Waals surface area (Å²) >= 11 is 0. The molecule has 0 aliphatic rings. The van der Waals surface area contributed by atoms with Gasteiger partial charge < -0.3 is 0 Å². The maximum atomic E-state index is 11.7. The number of hydrogen-bond acceptors (Lipinski definition) is 1. The first-order valence-corrected chi connectivity index (χ1v) is 7.62. The molecule has 0 atom stereocenters. The van der Waals surface area contributed by atoms with Gasteiger partial charge in [-0.3, -0.25) is 4.79 Å². The molecule has 0 bridgehead atoms. The van der Waals surface area contributed by atoms with Gasteiger partial charge in [0.25, 0.3) is 0 Å². The van der Waals surface area contributed by atoms with Gasteiger partial charge in [-0.25, -0.2) is 0 Å². The molecule has 0 heterocycles. The number of carbonyl (C=O) groups is 1. The van der Waals surface area contributed by atoms with Crippen molar-refractivity contribution in [3.8, 4) is 0 Å². The Kier molecular flexibility index (Phi) is 7.82. The van der Waals surface area contributed by atoms with E-state index >= 15 is 0 Å². The van der Waals surface area contributed by atoms with Crippen LogP contribution < -0.4 is 0 Å². The van der Waals surface area contributed by atoms with E-state index in [9.17, 15) is 4.79 Å². The average molecular weight is 254 g/mol. The van der Waals surface area contributed by atoms with Crippen LogP contribution in [-0.2, 0) is 4.79 Å². The van der Waals surface area contributed by atoms with Gasteiger partial charge in [-0.1, -0.05) is 54.4 Å². The van der Waals surface area contributed by atoms with Crippen molar-refractivity contribution in [1.82, 2.24) is 0 Å². The van der Waals surface area contributed by atoms with E-state index in [1.54, 1.807) is 0 Å². The number of Topliss-reactive ketones (excluding diaryl/α,β-unsaturated/α-hetero) is 1. The summed E-state index contributed by atoms with van der Waals surface area (Å²) in [6.45, 7) is 13.6. The highest BCUT2D eigenvalue weighted by molar-refractivity contribution is 5.78. The lowest BCUT2D eigenvalue weighted by atomic mass is 9.88. The smallest absolute Gasteiger partial charge is 0.132 e. The van der Waals surface area contributed by atoms with Crippen LogP contribution in [0.4, 0.5) is 0 Å². The van der Waals surface area contributed by atoms with Crippen molar-refractivity contribution in [1.29, 1.82) is 0 Å². The lowest BCUT2D eigenvalue weighted by molar-refractivity contribution is -0.119. The standard InChI is InChI=1S/C17H34O/c1-16(2,3)13-9-7-8-11-15(18)12-10-14-17(4,5)6/h7-14H2,1-6H3. The average Bonchev–Trinajstić information content (AvgIpc) is 2.13. The highest BCUT2D eigenvalue weighted by Gasteiger charge is 2.11. The minimum Gasteiger partial charge on any atom is -0.300 e. The highest BCUT2D eigenvalue weighted by atomic mass is 16.1. The Morgan fingerprint density at radius 2 is 1.11 bits per heavy atom. The minimum absolute atomic E-state index is 0.368. The zero-order chi connectivity index (χ0) is 14.2. The summed E-state index contributed by atoms with van der Waals surface area (Å²) < 4.78 is 0. The van der Waals surface area contributed by atoms with Crippen LogP contribution in [0.3, 0.4) is 0 Å². The molecule has 0 amide bonds. The van der Waals surface area contributed by atoms with E-state index in [4.69, 9.17) is 0 Å². The zero-order valence-corrected chi connectivity index (χ0v) is 13.6. The maximum absolute atomic E-state index is 11.7. The predicted octanol–water partition coefficient (Wildman–Crippen LogP) is 5.77. The lowest BCUT2D eigenvalue weighted by Crippen LogP contribution is -2.07. The summed E-state index contributed by atoms with van der Waals surface area (Å²) in [4.78, 5) is 11.7. The third-order valence-corrected chi connectivity index (χ3v) is 3.26. The first-order valence-electron chi connectivity index (χ1n) is 7.62. The van der Waals surface area contributed by atoms with E-state index < -0.39 is 0 Å². The SMILES string of the molecule is CC(C)(C)CCCCCC(=O)CCCC(C)(C)C. The van der Waals surface area contributed by atoms with Crippen LogP contribution >= 0.6 is 0 Å². The van der Waals surface area contributed by atoms with Crippen LogP contribution in [0.15, 0.2) is 0 Å². The quantitative estimate of drug-likeness (QED) is 0.503. The summed E-state index contributed by atoms with van der Waals surface area (Å²) in [6.07, 6.45) is 8.63. The van der Waals surface area contributed by atoms with Crippen molar-refractivity contribution in [2.24, 2.45) is 10.8 Å². The largest absolute Gasteiger partial charge is 0.300 e. The molecule has 0 aliphatic carbocycles. The number of hydrogen-bond donors (Lipinski definition) is 0. The van der Waals surface area contributed by atoms with Crippen LogP contribution in [0.25, 0.3) is 0 Å². The van der Waals surface area contributed by atoms with Gasteiger partial charge in [0.15, 0.2) is 0 Å². The van der Waals surface area contributed by atoms with Crippen molar-refractivity contribution >= 4 is 5.78 Å². The Bertz CT molecular complexity index is 227. The Morgan fingerprint density at radius 3 is 1.61 bits per heavy atom. The van der Waals surface area contributed by atoms with Crippen LogP contribution in [0.1, 0.15) is 92.9 Å². The Morgan fingerprint density at radius 1 is 0.667 bits per heavy atom. The minimum atomic E-state index is 0.368. The molecular formula is C17H34O. The molecule has 0 radical (unpaired) electrons. The second-order valence-corrected chi connectivity index (χ2v) is 8.07. The van der Waals surface area contributed by atoms with Gasteiger partial charge in [0.05, 0.1) is 0 Å². The normalized spacial score (nSPS) is 12.8. The summed E-state index contributed by atoms with van der Waals surface area (Å²) in [5, 5.41) is 0. The molecule has 0 fully saturated rings. The van der Waals surface area contributed by atoms with E-state index in [2.05, 4.69) is 41.5 Å².